The fraction of sp³-hybridized carbons (Fsp3) is 0.571. The molecular weight excluding hydrogens is 282 g/mol. The van der Waals surface area contributed by atoms with Gasteiger partial charge in [0.1, 0.15) is 0 Å². The Hall–Kier alpha value is -1.57. The van der Waals surface area contributed by atoms with Gasteiger partial charge in [-0.1, -0.05) is 62.6 Å². The van der Waals surface area contributed by atoms with Crippen molar-refractivity contribution in [1.82, 2.24) is 4.90 Å². The lowest BCUT2D eigenvalue weighted by atomic mass is 10.0. The molecule has 0 spiro atoms. The molecule has 0 N–H and O–H groups in total. The lowest BCUT2D eigenvalue weighted by molar-refractivity contribution is -0.128. The van der Waals surface area contributed by atoms with Crippen LogP contribution in [0.25, 0.3) is 0 Å². The highest BCUT2D eigenvalue weighted by Gasteiger charge is 2.33. The molecule has 0 unspecified atom stereocenters. The Balaban J connectivity index is 2.08. The maximum absolute atomic E-state index is 13.1. The van der Waals surface area contributed by atoms with Crippen molar-refractivity contribution in [2.24, 2.45) is 0 Å². The topological polar surface area (TPSA) is 20.3 Å². The molecule has 1 aromatic rings. The number of unbranched alkanes of at least 4 members (excludes halogenated alkanes) is 2. The molecule has 1 fully saturated rings. The summed E-state index contributed by atoms with van der Waals surface area (Å²) >= 11 is 0. The lowest BCUT2D eigenvalue weighted by Gasteiger charge is -2.24. The first-order chi connectivity index (χ1) is 11.2. The fourth-order valence-corrected chi connectivity index (χ4v) is 3.05. The predicted octanol–water partition coefficient (Wildman–Crippen LogP) is 5.40. The number of amides is 1. The largest absolute Gasteiger partial charge is 0.332 e. The number of nitrogens with zero attached hydrogens (tertiary/aromatic N) is 1. The Bertz CT molecular complexity index is 543. The molecule has 0 saturated heterocycles. The van der Waals surface area contributed by atoms with Crippen molar-refractivity contribution < 1.29 is 4.79 Å². The first-order valence-corrected chi connectivity index (χ1v) is 9.21. The maximum Gasteiger partial charge on any atom is 0.250 e. The van der Waals surface area contributed by atoms with Gasteiger partial charge in [0.25, 0.3) is 0 Å². The van der Waals surface area contributed by atoms with E-state index in [9.17, 15) is 4.79 Å². The monoisotopic (exact) mass is 313 g/mol. The smallest absolute Gasteiger partial charge is 0.250 e. The number of allylic oxidation sites excluding steroid dienone is 1. The van der Waals surface area contributed by atoms with Gasteiger partial charge in [0.05, 0.1) is 0 Å². The third-order valence-electron chi connectivity index (χ3n) is 4.46. The van der Waals surface area contributed by atoms with E-state index in [0.29, 0.717) is 6.04 Å². The van der Waals surface area contributed by atoms with Gasteiger partial charge in [0, 0.05) is 18.2 Å². The lowest BCUT2D eigenvalue weighted by Crippen LogP contribution is -2.33. The molecule has 1 aromatic carbocycles. The summed E-state index contributed by atoms with van der Waals surface area (Å²) in [6.07, 6.45) is 9.85. The van der Waals surface area contributed by atoms with Gasteiger partial charge in [-0.15, -0.1) is 0 Å². The summed E-state index contributed by atoms with van der Waals surface area (Å²) in [4.78, 5) is 15.2. The van der Waals surface area contributed by atoms with Crippen LogP contribution in [0.5, 0.6) is 0 Å². The second-order valence-electron chi connectivity index (χ2n) is 6.75. The molecule has 0 atom stereocenters. The SMILES string of the molecule is CCC=C(CCCCC)C(=O)N(Cc1cccc(C)c1)C1CC1. The molecule has 1 saturated carbocycles. The fourth-order valence-electron chi connectivity index (χ4n) is 3.05. The summed E-state index contributed by atoms with van der Waals surface area (Å²) in [6.45, 7) is 7.19. The maximum atomic E-state index is 13.1. The van der Waals surface area contributed by atoms with Crippen LogP contribution in [0.2, 0.25) is 0 Å². The van der Waals surface area contributed by atoms with E-state index in [1.54, 1.807) is 0 Å². The predicted molar refractivity (Wildman–Crippen MR) is 97.3 cm³/mol. The van der Waals surface area contributed by atoms with Crippen LogP contribution < -0.4 is 0 Å². The first-order valence-electron chi connectivity index (χ1n) is 9.21. The Morgan fingerprint density at radius 3 is 2.65 bits per heavy atom. The highest BCUT2D eigenvalue weighted by atomic mass is 16.2. The van der Waals surface area contributed by atoms with Crippen LogP contribution in [0.15, 0.2) is 35.9 Å². The second-order valence-corrected chi connectivity index (χ2v) is 6.75. The summed E-state index contributed by atoms with van der Waals surface area (Å²) in [5.74, 6) is 0.270. The Morgan fingerprint density at radius 1 is 1.26 bits per heavy atom. The van der Waals surface area contributed by atoms with Crippen LogP contribution >= 0.6 is 0 Å². The van der Waals surface area contributed by atoms with Crippen LogP contribution in [-0.4, -0.2) is 16.8 Å². The zero-order chi connectivity index (χ0) is 16.7. The first kappa shape index (κ1) is 17.8. The van der Waals surface area contributed by atoms with E-state index < -0.39 is 0 Å². The molecule has 0 bridgehead atoms. The van der Waals surface area contributed by atoms with Gasteiger partial charge in [-0.3, -0.25) is 4.79 Å². The minimum absolute atomic E-state index is 0.270. The molecule has 1 aliphatic carbocycles. The standard InChI is InChI=1S/C21H31NO/c1-4-6-7-12-19(9-5-2)21(23)22(20-13-14-20)16-18-11-8-10-17(3)15-18/h8-11,15,20H,4-7,12-14,16H2,1-3H3. The number of rotatable bonds is 9. The van der Waals surface area contributed by atoms with E-state index in [0.717, 1.165) is 44.2 Å². The van der Waals surface area contributed by atoms with Crippen molar-refractivity contribution in [3.8, 4) is 0 Å². The van der Waals surface area contributed by atoms with E-state index in [-0.39, 0.29) is 5.91 Å². The highest BCUT2D eigenvalue weighted by molar-refractivity contribution is 5.93. The minimum atomic E-state index is 0.270. The Kier molecular flexibility index (Phi) is 6.88. The van der Waals surface area contributed by atoms with Crippen LogP contribution in [-0.2, 0) is 11.3 Å². The molecule has 23 heavy (non-hydrogen) atoms. The third kappa shape index (κ3) is 5.53. The number of hydrogen-bond acceptors (Lipinski definition) is 1. The van der Waals surface area contributed by atoms with Crippen molar-refractivity contribution >= 4 is 5.91 Å². The molecule has 2 rings (SSSR count). The van der Waals surface area contributed by atoms with Crippen LogP contribution in [0, 0.1) is 6.92 Å². The van der Waals surface area contributed by atoms with Gasteiger partial charge in [0.2, 0.25) is 5.91 Å². The normalized spacial score (nSPS) is 14.8. The minimum Gasteiger partial charge on any atom is -0.332 e. The van der Waals surface area contributed by atoms with Crippen LogP contribution in [0.4, 0.5) is 0 Å². The van der Waals surface area contributed by atoms with Gasteiger partial charge < -0.3 is 4.90 Å². The van der Waals surface area contributed by atoms with Crippen molar-refractivity contribution in [3.05, 3.63) is 47.0 Å². The van der Waals surface area contributed by atoms with E-state index in [1.807, 2.05) is 0 Å². The molecule has 2 nitrogen and oxygen atoms in total. The van der Waals surface area contributed by atoms with E-state index >= 15 is 0 Å². The van der Waals surface area contributed by atoms with Gasteiger partial charge in [0.15, 0.2) is 0 Å². The molecule has 0 aliphatic heterocycles. The van der Waals surface area contributed by atoms with E-state index in [2.05, 4.69) is 56.0 Å². The molecular formula is C21H31NO. The quantitative estimate of drug-likeness (QED) is 0.441. The summed E-state index contributed by atoms with van der Waals surface area (Å²) in [5.41, 5.74) is 3.54. The van der Waals surface area contributed by atoms with Crippen LogP contribution in [0.3, 0.4) is 0 Å². The van der Waals surface area contributed by atoms with Crippen molar-refractivity contribution in [2.45, 2.75) is 78.3 Å². The molecule has 126 valence electrons. The van der Waals surface area contributed by atoms with Crippen LogP contribution in [0.1, 0.15) is 69.9 Å². The van der Waals surface area contributed by atoms with Gasteiger partial charge >= 0.3 is 0 Å². The van der Waals surface area contributed by atoms with Gasteiger partial charge in [-0.05, 0) is 44.6 Å². The Labute approximate surface area is 141 Å². The van der Waals surface area contributed by atoms with Crippen molar-refractivity contribution in [2.75, 3.05) is 0 Å². The number of carbonyl (C=O) groups is 1. The van der Waals surface area contributed by atoms with Gasteiger partial charge in [-0.2, -0.15) is 0 Å². The Morgan fingerprint density at radius 2 is 2.04 bits per heavy atom. The number of benzene rings is 1. The molecule has 2 heteroatoms. The molecule has 0 radical (unpaired) electrons. The summed E-state index contributed by atoms with van der Waals surface area (Å²) in [5, 5.41) is 0. The second kappa shape index (κ2) is 8.90. The van der Waals surface area contributed by atoms with E-state index in [4.69, 9.17) is 0 Å². The molecule has 1 amide bonds. The molecule has 0 aromatic heterocycles. The summed E-state index contributed by atoms with van der Waals surface area (Å²) in [7, 11) is 0. The van der Waals surface area contributed by atoms with E-state index in [1.165, 1.54) is 24.0 Å². The van der Waals surface area contributed by atoms with Crippen molar-refractivity contribution in [1.29, 1.82) is 0 Å². The zero-order valence-electron chi connectivity index (χ0n) is 15.0. The number of hydrogen-bond donors (Lipinski definition) is 0. The highest BCUT2D eigenvalue weighted by Crippen LogP contribution is 2.30. The number of carbonyl (C=O) groups excluding carboxylic acids is 1. The molecule has 0 heterocycles. The molecule has 1 aliphatic rings. The summed E-state index contributed by atoms with van der Waals surface area (Å²) in [6, 6.07) is 8.98. The average molecular weight is 313 g/mol. The van der Waals surface area contributed by atoms with Crippen molar-refractivity contribution in [3.63, 3.8) is 0 Å². The number of aryl methyl sites for hydroxylation is 1. The van der Waals surface area contributed by atoms with Gasteiger partial charge in [-0.25, -0.2) is 0 Å². The zero-order valence-corrected chi connectivity index (χ0v) is 15.0. The summed E-state index contributed by atoms with van der Waals surface area (Å²) < 4.78 is 0. The third-order valence-corrected chi connectivity index (χ3v) is 4.46. The average Bonchev–Trinajstić information content (AvgIpc) is 3.36.